The zero-order valence-corrected chi connectivity index (χ0v) is 12.4. The van der Waals surface area contributed by atoms with Crippen molar-refractivity contribution in [1.29, 1.82) is 0 Å². The van der Waals surface area contributed by atoms with Gasteiger partial charge < -0.3 is 5.73 Å². The number of urea groups is 1. The molecule has 0 unspecified atom stereocenters. The summed E-state index contributed by atoms with van der Waals surface area (Å²) < 4.78 is 1.05. The molecular weight excluding hydrogens is 308 g/mol. The maximum absolute atomic E-state index is 12.0. The standard InChI is InChI=1S/C14H17BrN2O2/c1-17(14(16)19)13(18)11-3-2-10(8-11)9-4-6-12(15)7-5-9/h4-7,10-11H,2-3,8H2,1H3,(H2,16,19)/t10-,11-/m0/s1. The van der Waals surface area contributed by atoms with Crippen LogP contribution in [0.4, 0.5) is 4.79 Å². The van der Waals surface area contributed by atoms with Crippen molar-refractivity contribution in [1.82, 2.24) is 4.90 Å². The fraction of sp³-hybridized carbons (Fsp3) is 0.429. The zero-order valence-electron chi connectivity index (χ0n) is 10.8. The van der Waals surface area contributed by atoms with E-state index in [9.17, 15) is 9.59 Å². The van der Waals surface area contributed by atoms with Crippen molar-refractivity contribution < 1.29 is 9.59 Å². The molecule has 0 heterocycles. The molecular formula is C14H17BrN2O2. The maximum atomic E-state index is 12.0. The Kier molecular flexibility index (Phi) is 4.24. The van der Waals surface area contributed by atoms with E-state index in [0.29, 0.717) is 5.92 Å². The van der Waals surface area contributed by atoms with Gasteiger partial charge in [0.05, 0.1) is 0 Å². The zero-order chi connectivity index (χ0) is 14.0. The molecule has 0 bridgehead atoms. The average Bonchev–Trinajstić information content (AvgIpc) is 2.87. The minimum absolute atomic E-state index is 0.0915. The Morgan fingerprint density at radius 3 is 2.47 bits per heavy atom. The van der Waals surface area contributed by atoms with Gasteiger partial charge >= 0.3 is 6.03 Å². The number of hydrogen-bond acceptors (Lipinski definition) is 2. The summed E-state index contributed by atoms with van der Waals surface area (Å²) in [7, 11) is 1.44. The van der Waals surface area contributed by atoms with Gasteiger partial charge in [-0.2, -0.15) is 0 Å². The smallest absolute Gasteiger partial charge is 0.321 e. The van der Waals surface area contributed by atoms with Gasteiger partial charge in [-0.25, -0.2) is 4.79 Å². The molecule has 0 spiro atoms. The van der Waals surface area contributed by atoms with Crippen molar-refractivity contribution in [3.8, 4) is 0 Å². The van der Waals surface area contributed by atoms with E-state index >= 15 is 0 Å². The van der Waals surface area contributed by atoms with Gasteiger partial charge in [-0.3, -0.25) is 9.69 Å². The molecule has 0 aliphatic heterocycles. The number of imide groups is 1. The van der Waals surface area contributed by atoms with E-state index in [-0.39, 0.29) is 11.8 Å². The van der Waals surface area contributed by atoms with Crippen LogP contribution in [0.2, 0.25) is 0 Å². The summed E-state index contributed by atoms with van der Waals surface area (Å²) in [6.45, 7) is 0. The number of carbonyl (C=O) groups excluding carboxylic acids is 2. The number of halogens is 1. The number of amides is 3. The van der Waals surface area contributed by atoms with Gasteiger partial charge in [-0.15, -0.1) is 0 Å². The van der Waals surface area contributed by atoms with Gasteiger partial charge in [0.25, 0.3) is 0 Å². The maximum Gasteiger partial charge on any atom is 0.321 e. The van der Waals surface area contributed by atoms with Crippen LogP contribution in [0.1, 0.15) is 30.7 Å². The SMILES string of the molecule is CN(C(N)=O)C(=O)[C@H]1CC[C@H](c2ccc(Br)cc2)C1. The fourth-order valence-corrected chi connectivity index (χ4v) is 2.89. The average molecular weight is 325 g/mol. The van der Waals surface area contributed by atoms with E-state index in [4.69, 9.17) is 5.73 Å². The first kappa shape index (κ1) is 14.1. The second-order valence-electron chi connectivity index (χ2n) is 4.99. The van der Waals surface area contributed by atoms with Gasteiger partial charge in [-0.05, 0) is 42.9 Å². The minimum atomic E-state index is -0.683. The van der Waals surface area contributed by atoms with Crippen molar-refractivity contribution >= 4 is 27.9 Å². The Hall–Kier alpha value is -1.36. The number of nitrogens with zero attached hydrogens (tertiary/aromatic N) is 1. The van der Waals surface area contributed by atoms with Crippen LogP contribution in [0.3, 0.4) is 0 Å². The predicted octanol–water partition coefficient (Wildman–Crippen LogP) is 2.87. The highest BCUT2D eigenvalue weighted by molar-refractivity contribution is 9.10. The molecule has 1 aliphatic carbocycles. The van der Waals surface area contributed by atoms with E-state index in [1.807, 2.05) is 12.1 Å². The van der Waals surface area contributed by atoms with Crippen LogP contribution < -0.4 is 5.73 Å². The number of hydrogen-bond donors (Lipinski definition) is 1. The molecule has 1 fully saturated rings. The lowest BCUT2D eigenvalue weighted by molar-refractivity contribution is -0.131. The van der Waals surface area contributed by atoms with Gasteiger partial charge in [-0.1, -0.05) is 28.1 Å². The lowest BCUT2D eigenvalue weighted by Gasteiger charge is -2.17. The molecule has 1 aromatic rings. The van der Waals surface area contributed by atoms with E-state index < -0.39 is 6.03 Å². The number of primary amides is 1. The molecule has 0 radical (unpaired) electrons. The van der Waals surface area contributed by atoms with Gasteiger partial charge in [0.15, 0.2) is 0 Å². The first-order valence-electron chi connectivity index (χ1n) is 6.31. The van der Waals surface area contributed by atoms with Crippen molar-refractivity contribution in [2.24, 2.45) is 11.7 Å². The summed E-state index contributed by atoms with van der Waals surface area (Å²) in [4.78, 5) is 24.1. The Bertz CT molecular complexity index is 487. The summed E-state index contributed by atoms with van der Waals surface area (Å²) in [6, 6.07) is 7.51. The van der Waals surface area contributed by atoms with Crippen LogP contribution in [0.25, 0.3) is 0 Å². The van der Waals surface area contributed by atoms with Crippen LogP contribution in [-0.4, -0.2) is 23.9 Å². The third-order valence-electron chi connectivity index (χ3n) is 3.78. The number of nitrogens with two attached hydrogens (primary N) is 1. The molecule has 1 aromatic carbocycles. The topological polar surface area (TPSA) is 63.4 Å². The molecule has 5 heteroatoms. The van der Waals surface area contributed by atoms with E-state index in [1.54, 1.807) is 0 Å². The van der Waals surface area contributed by atoms with Gasteiger partial charge in [0, 0.05) is 17.4 Å². The molecule has 4 nitrogen and oxygen atoms in total. The van der Waals surface area contributed by atoms with Crippen LogP contribution in [0.5, 0.6) is 0 Å². The van der Waals surface area contributed by atoms with Crippen molar-refractivity contribution in [3.63, 3.8) is 0 Å². The molecule has 0 aromatic heterocycles. The predicted molar refractivity (Wildman–Crippen MR) is 76.6 cm³/mol. The summed E-state index contributed by atoms with van der Waals surface area (Å²) in [5.74, 6) is 0.140. The van der Waals surface area contributed by atoms with E-state index in [0.717, 1.165) is 28.6 Å². The monoisotopic (exact) mass is 324 g/mol. The van der Waals surface area contributed by atoms with Crippen molar-refractivity contribution in [2.75, 3.05) is 7.05 Å². The fourth-order valence-electron chi connectivity index (χ4n) is 2.63. The third kappa shape index (κ3) is 3.15. The molecule has 19 heavy (non-hydrogen) atoms. The van der Waals surface area contributed by atoms with Gasteiger partial charge in [0.1, 0.15) is 0 Å². The van der Waals surface area contributed by atoms with E-state index in [2.05, 4.69) is 28.1 Å². The lowest BCUT2D eigenvalue weighted by atomic mass is 9.96. The number of carbonyl (C=O) groups is 2. The normalized spacial score (nSPS) is 22.2. The minimum Gasteiger partial charge on any atom is -0.351 e. The molecule has 0 saturated heterocycles. The van der Waals surface area contributed by atoms with Crippen LogP contribution in [0, 0.1) is 5.92 Å². The molecule has 2 rings (SSSR count). The largest absolute Gasteiger partial charge is 0.351 e. The molecule has 2 atom stereocenters. The second-order valence-corrected chi connectivity index (χ2v) is 5.91. The highest BCUT2D eigenvalue weighted by Crippen LogP contribution is 2.39. The van der Waals surface area contributed by atoms with Gasteiger partial charge in [0.2, 0.25) is 5.91 Å². The summed E-state index contributed by atoms with van der Waals surface area (Å²) in [5.41, 5.74) is 6.38. The summed E-state index contributed by atoms with van der Waals surface area (Å²) >= 11 is 3.41. The Labute approximate surface area is 121 Å². The van der Waals surface area contributed by atoms with Crippen molar-refractivity contribution in [2.45, 2.75) is 25.2 Å². The third-order valence-corrected chi connectivity index (χ3v) is 4.31. The number of rotatable bonds is 2. The Morgan fingerprint density at radius 2 is 1.89 bits per heavy atom. The summed E-state index contributed by atoms with van der Waals surface area (Å²) in [6.07, 6.45) is 2.58. The molecule has 1 aliphatic rings. The highest BCUT2D eigenvalue weighted by Gasteiger charge is 2.33. The summed E-state index contributed by atoms with van der Waals surface area (Å²) in [5, 5.41) is 0. The quantitative estimate of drug-likeness (QED) is 0.909. The molecule has 102 valence electrons. The first-order chi connectivity index (χ1) is 8.99. The Morgan fingerprint density at radius 1 is 1.26 bits per heavy atom. The first-order valence-corrected chi connectivity index (χ1v) is 7.11. The van der Waals surface area contributed by atoms with Crippen LogP contribution in [0.15, 0.2) is 28.7 Å². The van der Waals surface area contributed by atoms with Crippen LogP contribution in [-0.2, 0) is 4.79 Å². The second kappa shape index (κ2) is 5.74. The molecule has 1 saturated carbocycles. The molecule has 3 amide bonds. The van der Waals surface area contributed by atoms with E-state index in [1.165, 1.54) is 12.6 Å². The Balaban J connectivity index is 2.02. The highest BCUT2D eigenvalue weighted by atomic mass is 79.9. The van der Waals surface area contributed by atoms with Crippen LogP contribution >= 0.6 is 15.9 Å². The molecule has 2 N–H and O–H groups in total. The number of benzene rings is 1. The lowest BCUT2D eigenvalue weighted by Crippen LogP contribution is -2.40. The van der Waals surface area contributed by atoms with Crippen molar-refractivity contribution in [3.05, 3.63) is 34.3 Å².